The highest BCUT2D eigenvalue weighted by Gasteiger charge is 2.26. The lowest BCUT2D eigenvalue weighted by atomic mass is 9.99. The van der Waals surface area contributed by atoms with Crippen molar-refractivity contribution in [2.45, 2.75) is 39.8 Å². The summed E-state index contributed by atoms with van der Waals surface area (Å²) >= 11 is 0. The number of carbonyl (C=O) groups excluding carboxylic acids is 1. The first-order chi connectivity index (χ1) is 9.85. The number of carboxylic acid groups (broad SMARTS) is 1. The highest BCUT2D eigenvalue weighted by molar-refractivity contribution is 5.82. The van der Waals surface area contributed by atoms with Gasteiger partial charge in [-0.25, -0.2) is 9.59 Å². The number of nitrogens with one attached hydrogen (secondary N) is 1. The number of carboxylic acids is 1. The molecule has 0 radical (unpaired) electrons. The maximum absolute atomic E-state index is 12.1. The van der Waals surface area contributed by atoms with Crippen LogP contribution in [0.3, 0.4) is 0 Å². The number of urea groups is 1. The van der Waals surface area contributed by atoms with E-state index in [4.69, 9.17) is 0 Å². The Morgan fingerprint density at radius 2 is 2.10 bits per heavy atom. The lowest BCUT2D eigenvalue weighted by Crippen LogP contribution is -2.49. The molecule has 0 aromatic carbocycles. The Balaban J connectivity index is 2.67. The minimum atomic E-state index is -1.01. The van der Waals surface area contributed by atoms with Crippen molar-refractivity contribution in [1.82, 2.24) is 15.2 Å². The molecule has 0 fully saturated rings. The average Bonchev–Trinajstić information content (AvgIpc) is 2.43. The van der Waals surface area contributed by atoms with E-state index >= 15 is 0 Å². The second-order valence-corrected chi connectivity index (χ2v) is 5.28. The van der Waals surface area contributed by atoms with E-state index in [0.717, 1.165) is 11.4 Å². The molecule has 0 bridgehead atoms. The van der Waals surface area contributed by atoms with Crippen LogP contribution in [0.5, 0.6) is 0 Å². The number of aliphatic carboxylic acids is 1. The summed E-state index contributed by atoms with van der Waals surface area (Å²) in [4.78, 5) is 29.1. The first kappa shape index (κ1) is 16.9. The number of carbonyl (C=O) groups is 2. The minimum Gasteiger partial charge on any atom is -0.480 e. The van der Waals surface area contributed by atoms with Crippen molar-refractivity contribution < 1.29 is 14.7 Å². The third-order valence-electron chi connectivity index (χ3n) is 3.45. The van der Waals surface area contributed by atoms with Crippen LogP contribution in [-0.4, -0.2) is 40.1 Å². The standard InChI is InChI=1S/C15H23N3O3/c1-5-10(2)13(14(19)20)17-15(21)18(4)9-12-8-6-7-11(3)16-12/h6-8,10,13H,5,9H2,1-4H3,(H,17,21)(H,19,20). The number of nitrogens with zero attached hydrogens (tertiary/aromatic N) is 2. The number of hydrogen-bond acceptors (Lipinski definition) is 3. The van der Waals surface area contributed by atoms with Crippen LogP contribution in [0.1, 0.15) is 31.7 Å². The topological polar surface area (TPSA) is 82.5 Å². The summed E-state index contributed by atoms with van der Waals surface area (Å²) in [5.41, 5.74) is 1.65. The van der Waals surface area contributed by atoms with E-state index in [-0.39, 0.29) is 5.92 Å². The van der Waals surface area contributed by atoms with Gasteiger partial charge in [0, 0.05) is 12.7 Å². The molecule has 1 aromatic heterocycles. The number of rotatable bonds is 6. The molecule has 0 saturated heterocycles. The molecule has 2 atom stereocenters. The molecule has 21 heavy (non-hydrogen) atoms. The van der Waals surface area contributed by atoms with Gasteiger partial charge >= 0.3 is 12.0 Å². The van der Waals surface area contributed by atoms with Gasteiger partial charge in [-0.05, 0) is 25.0 Å². The fraction of sp³-hybridized carbons (Fsp3) is 0.533. The van der Waals surface area contributed by atoms with Gasteiger partial charge < -0.3 is 15.3 Å². The minimum absolute atomic E-state index is 0.128. The van der Waals surface area contributed by atoms with Crippen molar-refractivity contribution in [1.29, 1.82) is 0 Å². The van der Waals surface area contributed by atoms with Crippen LogP contribution in [0.4, 0.5) is 4.79 Å². The zero-order valence-corrected chi connectivity index (χ0v) is 13.0. The zero-order valence-electron chi connectivity index (χ0n) is 13.0. The summed E-state index contributed by atoms with van der Waals surface area (Å²) in [6, 6.07) is 4.30. The molecule has 1 rings (SSSR count). The molecule has 0 saturated carbocycles. The smallest absolute Gasteiger partial charge is 0.326 e. The van der Waals surface area contributed by atoms with Crippen molar-refractivity contribution >= 4 is 12.0 Å². The van der Waals surface area contributed by atoms with E-state index in [9.17, 15) is 14.7 Å². The average molecular weight is 293 g/mol. The maximum Gasteiger partial charge on any atom is 0.326 e. The summed E-state index contributed by atoms with van der Waals surface area (Å²) in [7, 11) is 1.62. The molecule has 0 aliphatic rings. The van der Waals surface area contributed by atoms with Gasteiger partial charge in [0.25, 0.3) is 0 Å². The summed E-state index contributed by atoms with van der Waals surface area (Å²) in [5, 5.41) is 11.7. The largest absolute Gasteiger partial charge is 0.480 e. The summed E-state index contributed by atoms with van der Waals surface area (Å²) < 4.78 is 0. The molecule has 0 spiro atoms. The monoisotopic (exact) mass is 293 g/mol. The molecule has 2 N–H and O–H groups in total. The van der Waals surface area contributed by atoms with Crippen molar-refractivity contribution in [3.05, 3.63) is 29.6 Å². The number of aromatic nitrogens is 1. The van der Waals surface area contributed by atoms with Gasteiger partial charge in [0.1, 0.15) is 6.04 Å². The van der Waals surface area contributed by atoms with Crippen molar-refractivity contribution in [3.63, 3.8) is 0 Å². The van der Waals surface area contributed by atoms with E-state index in [1.165, 1.54) is 4.90 Å². The Morgan fingerprint density at radius 3 is 2.62 bits per heavy atom. The molecule has 0 aliphatic heterocycles. The van der Waals surface area contributed by atoms with Crippen LogP contribution in [0.15, 0.2) is 18.2 Å². The summed E-state index contributed by atoms with van der Waals surface area (Å²) in [6.45, 7) is 5.92. The lowest BCUT2D eigenvalue weighted by Gasteiger charge is -2.24. The maximum atomic E-state index is 12.1. The normalized spacial score (nSPS) is 13.3. The second-order valence-electron chi connectivity index (χ2n) is 5.28. The predicted octanol–water partition coefficient (Wildman–Crippen LogP) is 2.03. The van der Waals surface area contributed by atoms with Crippen LogP contribution < -0.4 is 5.32 Å². The highest BCUT2D eigenvalue weighted by atomic mass is 16.4. The van der Waals surface area contributed by atoms with E-state index in [2.05, 4.69) is 10.3 Å². The molecule has 6 heteroatoms. The van der Waals surface area contributed by atoms with Gasteiger partial charge in [-0.3, -0.25) is 4.98 Å². The van der Waals surface area contributed by atoms with Crippen LogP contribution in [0.2, 0.25) is 0 Å². The van der Waals surface area contributed by atoms with Gasteiger partial charge in [0.05, 0.1) is 12.2 Å². The van der Waals surface area contributed by atoms with Gasteiger partial charge in [-0.15, -0.1) is 0 Å². The van der Waals surface area contributed by atoms with Crippen molar-refractivity contribution in [2.24, 2.45) is 5.92 Å². The number of amides is 2. The number of pyridine rings is 1. The van der Waals surface area contributed by atoms with E-state index < -0.39 is 18.0 Å². The van der Waals surface area contributed by atoms with Crippen LogP contribution in [-0.2, 0) is 11.3 Å². The Labute approximate surface area is 125 Å². The number of aryl methyl sites for hydroxylation is 1. The third-order valence-corrected chi connectivity index (χ3v) is 3.45. The fourth-order valence-electron chi connectivity index (χ4n) is 1.93. The van der Waals surface area contributed by atoms with Crippen LogP contribution in [0, 0.1) is 12.8 Å². The van der Waals surface area contributed by atoms with E-state index in [1.807, 2.05) is 32.0 Å². The molecule has 116 valence electrons. The molecular formula is C15H23N3O3. The van der Waals surface area contributed by atoms with E-state index in [1.54, 1.807) is 14.0 Å². The lowest BCUT2D eigenvalue weighted by molar-refractivity contribution is -0.140. The fourth-order valence-corrected chi connectivity index (χ4v) is 1.93. The second kappa shape index (κ2) is 7.61. The SMILES string of the molecule is CCC(C)C(NC(=O)N(C)Cc1cccc(C)n1)C(=O)O. The zero-order chi connectivity index (χ0) is 16.0. The quantitative estimate of drug-likeness (QED) is 0.840. The molecule has 2 amide bonds. The predicted molar refractivity (Wildman–Crippen MR) is 79.9 cm³/mol. The molecule has 2 unspecified atom stereocenters. The molecule has 1 aromatic rings. The van der Waals surface area contributed by atoms with Gasteiger partial charge in [-0.1, -0.05) is 26.3 Å². The number of hydrogen-bond donors (Lipinski definition) is 2. The Hall–Kier alpha value is -2.11. The first-order valence-electron chi connectivity index (χ1n) is 7.02. The molecular weight excluding hydrogens is 270 g/mol. The third kappa shape index (κ3) is 5.06. The van der Waals surface area contributed by atoms with Gasteiger partial charge in [-0.2, -0.15) is 0 Å². The Morgan fingerprint density at radius 1 is 1.43 bits per heavy atom. The van der Waals surface area contributed by atoms with Crippen LogP contribution in [0.25, 0.3) is 0 Å². The van der Waals surface area contributed by atoms with E-state index in [0.29, 0.717) is 13.0 Å². The highest BCUT2D eigenvalue weighted by Crippen LogP contribution is 2.09. The Bertz CT molecular complexity index is 505. The first-order valence-corrected chi connectivity index (χ1v) is 7.02. The van der Waals surface area contributed by atoms with Gasteiger partial charge in [0.2, 0.25) is 0 Å². The van der Waals surface area contributed by atoms with Crippen molar-refractivity contribution in [3.8, 4) is 0 Å². The molecule has 1 heterocycles. The van der Waals surface area contributed by atoms with Crippen molar-refractivity contribution in [2.75, 3.05) is 7.05 Å². The summed E-state index contributed by atoms with van der Waals surface area (Å²) in [6.07, 6.45) is 0.681. The Kier molecular flexibility index (Phi) is 6.14. The molecule has 0 aliphatic carbocycles. The van der Waals surface area contributed by atoms with Crippen LogP contribution >= 0.6 is 0 Å². The molecule has 6 nitrogen and oxygen atoms in total. The van der Waals surface area contributed by atoms with Gasteiger partial charge in [0.15, 0.2) is 0 Å². The summed E-state index contributed by atoms with van der Waals surface area (Å²) in [5.74, 6) is -1.14.